The Morgan fingerprint density at radius 3 is 2.65 bits per heavy atom. The average Bonchev–Trinajstić information content (AvgIpc) is 2.48. The van der Waals surface area contributed by atoms with Crippen LogP contribution in [0.1, 0.15) is 39.2 Å². The number of nitrogens with zero attached hydrogens (tertiary/aromatic N) is 1. The average molecular weight is 275 g/mol. The van der Waals surface area contributed by atoms with Crippen LogP contribution in [-0.4, -0.2) is 30.0 Å². The predicted octanol–water partition coefficient (Wildman–Crippen LogP) is 3.27. The molecule has 110 valence electrons. The number of carbonyl (C=O) groups excluding carboxylic acids is 1. The van der Waals surface area contributed by atoms with Crippen molar-refractivity contribution in [2.24, 2.45) is 5.92 Å². The summed E-state index contributed by atoms with van der Waals surface area (Å²) in [5.41, 5.74) is 1.15. The summed E-state index contributed by atoms with van der Waals surface area (Å²) in [6, 6.07) is 7.95. The quantitative estimate of drug-likeness (QED) is 0.844. The van der Waals surface area contributed by atoms with Gasteiger partial charge in [-0.25, -0.2) is 0 Å². The molecule has 1 heterocycles. The number of rotatable bonds is 4. The van der Waals surface area contributed by atoms with Gasteiger partial charge in [-0.15, -0.1) is 0 Å². The monoisotopic (exact) mass is 275 g/mol. The predicted molar refractivity (Wildman–Crippen MR) is 80.9 cm³/mol. The van der Waals surface area contributed by atoms with Crippen LogP contribution < -0.4 is 4.74 Å². The molecule has 0 spiro atoms. The highest BCUT2D eigenvalue weighted by atomic mass is 16.5. The van der Waals surface area contributed by atoms with Crippen LogP contribution in [-0.2, 0) is 11.2 Å². The van der Waals surface area contributed by atoms with Crippen molar-refractivity contribution in [1.82, 2.24) is 4.90 Å². The smallest absolute Gasteiger partial charge is 0.263 e. The molecule has 3 heteroatoms. The van der Waals surface area contributed by atoms with Gasteiger partial charge in [0.25, 0.3) is 5.91 Å². The number of carbonyl (C=O) groups is 1. The first-order valence-electron chi connectivity index (χ1n) is 7.65. The van der Waals surface area contributed by atoms with Crippen molar-refractivity contribution in [3.8, 4) is 5.75 Å². The fourth-order valence-electron chi connectivity index (χ4n) is 2.64. The summed E-state index contributed by atoms with van der Waals surface area (Å²) in [4.78, 5) is 14.4. The molecule has 1 aromatic rings. The number of ether oxygens (including phenoxy) is 1. The molecular formula is C17H25NO2. The Balaban J connectivity index is 1.97. The van der Waals surface area contributed by atoms with Crippen molar-refractivity contribution >= 4 is 5.91 Å². The summed E-state index contributed by atoms with van der Waals surface area (Å²) in [6.07, 6.45) is 2.71. The first-order valence-corrected chi connectivity index (χ1v) is 7.65. The second-order valence-corrected chi connectivity index (χ2v) is 5.73. The highest BCUT2D eigenvalue weighted by molar-refractivity contribution is 5.81. The van der Waals surface area contributed by atoms with E-state index in [1.807, 2.05) is 30.0 Å². The fraction of sp³-hybridized carbons (Fsp3) is 0.588. The minimum atomic E-state index is -0.406. The normalized spacial score (nSPS) is 17.9. The molecule has 0 radical (unpaired) electrons. The van der Waals surface area contributed by atoms with Crippen LogP contribution in [0.15, 0.2) is 24.3 Å². The number of benzene rings is 1. The van der Waals surface area contributed by atoms with Gasteiger partial charge >= 0.3 is 0 Å². The molecule has 20 heavy (non-hydrogen) atoms. The molecule has 0 bridgehead atoms. The minimum absolute atomic E-state index is 0.114. The van der Waals surface area contributed by atoms with Crippen molar-refractivity contribution < 1.29 is 9.53 Å². The molecule has 0 N–H and O–H groups in total. The van der Waals surface area contributed by atoms with Crippen LogP contribution in [0.5, 0.6) is 5.75 Å². The van der Waals surface area contributed by atoms with Crippen molar-refractivity contribution in [3.05, 3.63) is 29.8 Å². The Bertz CT molecular complexity index is 450. The lowest BCUT2D eigenvalue weighted by atomic mass is 9.99. The van der Waals surface area contributed by atoms with E-state index in [0.29, 0.717) is 0 Å². The van der Waals surface area contributed by atoms with Gasteiger partial charge in [-0.3, -0.25) is 4.79 Å². The highest BCUT2D eigenvalue weighted by Crippen LogP contribution is 2.21. The molecule has 0 aromatic heterocycles. The van der Waals surface area contributed by atoms with E-state index >= 15 is 0 Å². The molecule has 1 amide bonds. The van der Waals surface area contributed by atoms with E-state index in [0.717, 1.165) is 49.6 Å². The largest absolute Gasteiger partial charge is 0.481 e. The molecular weight excluding hydrogens is 250 g/mol. The van der Waals surface area contributed by atoms with Crippen molar-refractivity contribution in [3.63, 3.8) is 0 Å². The first-order chi connectivity index (χ1) is 9.61. The molecule has 1 saturated heterocycles. The van der Waals surface area contributed by atoms with Gasteiger partial charge in [0.2, 0.25) is 0 Å². The van der Waals surface area contributed by atoms with E-state index in [1.54, 1.807) is 0 Å². The molecule has 1 unspecified atom stereocenters. The topological polar surface area (TPSA) is 29.5 Å². The van der Waals surface area contributed by atoms with Crippen LogP contribution in [0.25, 0.3) is 0 Å². The van der Waals surface area contributed by atoms with Crippen LogP contribution in [0.2, 0.25) is 0 Å². The van der Waals surface area contributed by atoms with E-state index in [4.69, 9.17) is 4.74 Å². The van der Waals surface area contributed by atoms with Gasteiger partial charge in [0.05, 0.1) is 0 Å². The van der Waals surface area contributed by atoms with Crippen LogP contribution in [0, 0.1) is 5.92 Å². The molecule has 2 rings (SSSR count). The van der Waals surface area contributed by atoms with Crippen molar-refractivity contribution in [2.75, 3.05) is 13.1 Å². The van der Waals surface area contributed by atoms with Crippen molar-refractivity contribution in [1.29, 1.82) is 0 Å². The van der Waals surface area contributed by atoms with Gasteiger partial charge in [-0.1, -0.05) is 32.0 Å². The molecule has 1 aliphatic heterocycles. The lowest BCUT2D eigenvalue weighted by molar-refractivity contribution is -0.139. The Morgan fingerprint density at radius 2 is 2.00 bits per heavy atom. The Morgan fingerprint density at radius 1 is 1.35 bits per heavy atom. The lowest BCUT2D eigenvalue weighted by Crippen LogP contribution is -2.44. The molecule has 3 nitrogen and oxygen atoms in total. The number of aryl methyl sites for hydroxylation is 1. The third-order valence-corrected chi connectivity index (χ3v) is 4.10. The van der Waals surface area contributed by atoms with E-state index < -0.39 is 6.10 Å². The van der Waals surface area contributed by atoms with E-state index in [-0.39, 0.29) is 5.91 Å². The second kappa shape index (κ2) is 6.78. The Kier molecular flexibility index (Phi) is 5.05. The zero-order chi connectivity index (χ0) is 14.5. The molecule has 1 aromatic carbocycles. The highest BCUT2D eigenvalue weighted by Gasteiger charge is 2.25. The van der Waals surface area contributed by atoms with Gasteiger partial charge in [-0.05, 0) is 43.7 Å². The summed E-state index contributed by atoms with van der Waals surface area (Å²) in [5, 5.41) is 0. The van der Waals surface area contributed by atoms with Crippen LogP contribution in [0.4, 0.5) is 0 Å². The number of hydrogen-bond acceptors (Lipinski definition) is 2. The van der Waals surface area contributed by atoms with E-state index in [2.05, 4.69) is 19.9 Å². The van der Waals surface area contributed by atoms with Gasteiger partial charge in [-0.2, -0.15) is 0 Å². The maximum Gasteiger partial charge on any atom is 0.263 e. The number of hydrogen-bond donors (Lipinski definition) is 0. The minimum Gasteiger partial charge on any atom is -0.481 e. The third kappa shape index (κ3) is 3.53. The second-order valence-electron chi connectivity index (χ2n) is 5.73. The molecule has 1 aliphatic rings. The van der Waals surface area contributed by atoms with Gasteiger partial charge < -0.3 is 9.64 Å². The Labute approximate surface area is 121 Å². The number of para-hydroxylation sites is 1. The first kappa shape index (κ1) is 14.9. The Hall–Kier alpha value is -1.51. The maximum atomic E-state index is 12.4. The summed E-state index contributed by atoms with van der Waals surface area (Å²) in [7, 11) is 0. The number of likely N-dealkylation sites (tertiary alicyclic amines) is 1. The standard InChI is InChI=1S/C17H25NO2/c1-4-15-7-5-6-8-16(15)20-14(3)17(19)18-11-9-13(2)10-12-18/h5-8,13-14H,4,9-12H2,1-3H3. The fourth-order valence-corrected chi connectivity index (χ4v) is 2.64. The van der Waals surface area contributed by atoms with E-state index in [9.17, 15) is 4.79 Å². The summed E-state index contributed by atoms with van der Waals surface area (Å²) in [5.74, 6) is 1.68. The van der Waals surface area contributed by atoms with Gasteiger partial charge in [0, 0.05) is 13.1 Å². The van der Waals surface area contributed by atoms with Crippen LogP contribution >= 0.6 is 0 Å². The number of piperidine rings is 1. The molecule has 1 atom stereocenters. The SMILES string of the molecule is CCc1ccccc1OC(C)C(=O)N1CCC(C)CC1. The molecule has 1 fully saturated rings. The number of amides is 1. The summed E-state index contributed by atoms with van der Waals surface area (Å²) >= 11 is 0. The van der Waals surface area contributed by atoms with E-state index in [1.165, 1.54) is 0 Å². The summed E-state index contributed by atoms with van der Waals surface area (Å²) < 4.78 is 5.89. The maximum absolute atomic E-state index is 12.4. The van der Waals surface area contributed by atoms with Gasteiger partial charge in [0.1, 0.15) is 5.75 Å². The zero-order valence-corrected chi connectivity index (χ0v) is 12.8. The zero-order valence-electron chi connectivity index (χ0n) is 12.8. The molecule has 0 aliphatic carbocycles. The molecule has 0 saturated carbocycles. The van der Waals surface area contributed by atoms with Gasteiger partial charge in [0.15, 0.2) is 6.10 Å². The summed E-state index contributed by atoms with van der Waals surface area (Å²) in [6.45, 7) is 7.93. The van der Waals surface area contributed by atoms with Crippen LogP contribution in [0.3, 0.4) is 0 Å². The third-order valence-electron chi connectivity index (χ3n) is 4.10. The lowest BCUT2D eigenvalue weighted by Gasteiger charge is -2.32. The van der Waals surface area contributed by atoms with Crippen molar-refractivity contribution in [2.45, 2.75) is 46.1 Å².